The van der Waals surface area contributed by atoms with E-state index in [4.69, 9.17) is 14.2 Å². The molecule has 83 heavy (non-hydrogen) atoms. The predicted molar refractivity (Wildman–Crippen MR) is 362 cm³/mol. The SMILES string of the molecule is CC/C=C\C/C=C\C/C=C\C/C=C\CCCCC(=O)OCC(COC(=O)CCCCCCCCCCCCCC/C=C\C/C=C\C/C=C\CCCCCCC)OC(=O)CCCCCCCCCCCCCCCCCCCCCCCCC. The molecule has 0 bridgehead atoms. The molecule has 1 unspecified atom stereocenters. The predicted octanol–water partition coefficient (Wildman–Crippen LogP) is 25.0. The van der Waals surface area contributed by atoms with E-state index in [0.717, 1.165) is 96.3 Å². The number of carbonyl (C=O) groups is 3. The summed E-state index contributed by atoms with van der Waals surface area (Å²) in [6, 6.07) is 0. The second-order valence-electron chi connectivity index (χ2n) is 24.1. The summed E-state index contributed by atoms with van der Waals surface area (Å²) in [4.78, 5) is 38.5. The summed E-state index contributed by atoms with van der Waals surface area (Å²) in [6.45, 7) is 6.53. The van der Waals surface area contributed by atoms with Crippen molar-refractivity contribution in [1.29, 1.82) is 0 Å². The zero-order chi connectivity index (χ0) is 59.9. The first-order valence-corrected chi connectivity index (χ1v) is 36.1. The van der Waals surface area contributed by atoms with Gasteiger partial charge in [-0.25, -0.2) is 0 Å². The van der Waals surface area contributed by atoms with Gasteiger partial charge in [-0.3, -0.25) is 14.4 Å². The maximum atomic E-state index is 13.0. The van der Waals surface area contributed by atoms with Crippen LogP contribution in [0, 0.1) is 0 Å². The molecule has 0 aromatic rings. The molecule has 0 heterocycles. The molecule has 0 saturated carbocycles. The molecule has 0 aromatic heterocycles. The van der Waals surface area contributed by atoms with Gasteiger partial charge in [0.05, 0.1) is 0 Å². The second-order valence-corrected chi connectivity index (χ2v) is 24.1. The van der Waals surface area contributed by atoms with Crippen molar-refractivity contribution in [3.8, 4) is 0 Å². The topological polar surface area (TPSA) is 78.9 Å². The number of ether oxygens (including phenoxy) is 3. The third kappa shape index (κ3) is 69.3. The van der Waals surface area contributed by atoms with E-state index >= 15 is 0 Å². The van der Waals surface area contributed by atoms with Crippen LogP contribution in [0.15, 0.2) is 85.1 Å². The molecule has 0 aliphatic rings. The van der Waals surface area contributed by atoms with Crippen LogP contribution in [0.2, 0.25) is 0 Å². The molecule has 1 atom stereocenters. The summed E-state index contributed by atoms with van der Waals surface area (Å²) < 4.78 is 17.0. The molecule has 6 heteroatoms. The number of hydrogen-bond donors (Lipinski definition) is 0. The van der Waals surface area contributed by atoms with E-state index in [1.165, 1.54) is 231 Å². The second kappa shape index (κ2) is 71.1. The Kier molecular flexibility index (Phi) is 68.2. The van der Waals surface area contributed by atoms with Gasteiger partial charge in [0.2, 0.25) is 0 Å². The lowest BCUT2D eigenvalue weighted by molar-refractivity contribution is -0.167. The van der Waals surface area contributed by atoms with Crippen LogP contribution < -0.4 is 0 Å². The highest BCUT2D eigenvalue weighted by Crippen LogP contribution is 2.18. The van der Waals surface area contributed by atoms with Gasteiger partial charge in [0.25, 0.3) is 0 Å². The normalized spacial score (nSPS) is 12.6. The van der Waals surface area contributed by atoms with Crippen LogP contribution in [0.25, 0.3) is 0 Å². The number of rotatable bonds is 66. The van der Waals surface area contributed by atoms with Crippen molar-refractivity contribution >= 4 is 17.9 Å². The molecule has 0 rings (SSSR count). The van der Waals surface area contributed by atoms with E-state index in [-0.39, 0.29) is 31.1 Å². The highest BCUT2D eigenvalue weighted by atomic mass is 16.6. The molecule has 0 aliphatic heterocycles. The van der Waals surface area contributed by atoms with Crippen molar-refractivity contribution in [2.24, 2.45) is 0 Å². The van der Waals surface area contributed by atoms with Crippen molar-refractivity contribution in [2.45, 2.75) is 374 Å². The first-order valence-electron chi connectivity index (χ1n) is 36.1. The van der Waals surface area contributed by atoms with Crippen LogP contribution >= 0.6 is 0 Å². The van der Waals surface area contributed by atoms with Crippen LogP contribution in [0.3, 0.4) is 0 Å². The Bertz CT molecular complexity index is 1570. The fourth-order valence-corrected chi connectivity index (χ4v) is 10.5. The Hall–Kier alpha value is -3.41. The van der Waals surface area contributed by atoms with E-state index in [2.05, 4.69) is 106 Å². The summed E-state index contributed by atoms with van der Waals surface area (Å²) in [6.07, 6.45) is 94.8. The third-order valence-corrected chi connectivity index (χ3v) is 15.9. The Balaban J connectivity index is 4.31. The molecule has 0 spiro atoms. The minimum atomic E-state index is -0.795. The molecule has 0 saturated heterocycles. The standard InChI is InChI=1S/C77H136O6/c1-4-7-10-13-16-19-22-25-28-30-32-34-36-37-38-39-41-42-44-46-49-52-55-58-61-64-67-70-76(79)82-73-74(72-81-75(78)69-66-63-60-57-54-51-48-27-24-21-18-15-12-9-6-3)83-77(80)71-68-65-62-59-56-53-50-47-45-43-40-35-33-31-29-26-23-20-17-14-11-8-5-2/h9,12,18,21-22,25,27,30,32,36-37,48,54,57,74H,4-8,10-11,13-17,19-20,23-24,26,28-29,31,33-35,38-47,49-53,55-56,58-73H2,1-3H3/b12-9-,21-18-,25-22-,32-30-,37-36-,48-27-,57-54-. The smallest absolute Gasteiger partial charge is 0.306 e. The van der Waals surface area contributed by atoms with Gasteiger partial charge < -0.3 is 14.2 Å². The molecule has 6 nitrogen and oxygen atoms in total. The highest BCUT2D eigenvalue weighted by Gasteiger charge is 2.19. The van der Waals surface area contributed by atoms with Crippen LogP contribution in [0.4, 0.5) is 0 Å². The monoisotopic (exact) mass is 1160 g/mol. The van der Waals surface area contributed by atoms with Crippen molar-refractivity contribution in [3.05, 3.63) is 85.1 Å². The Morgan fingerprint density at radius 3 is 0.759 bits per heavy atom. The van der Waals surface area contributed by atoms with E-state index in [1.54, 1.807) is 0 Å². The third-order valence-electron chi connectivity index (χ3n) is 15.9. The van der Waals surface area contributed by atoms with Crippen LogP contribution in [-0.4, -0.2) is 37.2 Å². The molecule has 0 amide bonds. The maximum absolute atomic E-state index is 13.0. The molecular weight excluding hydrogens is 1020 g/mol. The molecule has 0 N–H and O–H groups in total. The van der Waals surface area contributed by atoms with Gasteiger partial charge >= 0.3 is 17.9 Å². The number of carbonyl (C=O) groups excluding carboxylic acids is 3. The minimum absolute atomic E-state index is 0.0875. The average molecular weight is 1160 g/mol. The van der Waals surface area contributed by atoms with E-state index in [0.29, 0.717) is 19.3 Å². The Labute approximate surface area is 515 Å². The molecule has 0 aliphatic carbocycles. The van der Waals surface area contributed by atoms with Crippen LogP contribution in [-0.2, 0) is 28.6 Å². The van der Waals surface area contributed by atoms with Gasteiger partial charge in [0.1, 0.15) is 13.2 Å². The number of unbranched alkanes of at least 4 members (excludes halogenated alkanes) is 41. The zero-order valence-corrected chi connectivity index (χ0v) is 55.2. The van der Waals surface area contributed by atoms with Gasteiger partial charge in [0.15, 0.2) is 6.10 Å². The first-order chi connectivity index (χ1) is 41.0. The van der Waals surface area contributed by atoms with Crippen molar-refractivity contribution in [2.75, 3.05) is 13.2 Å². The number of allylic oxidation sites excluding steroid dienone is 14. The van der Waals surface area contributed by atoms with Gasteiger partial charge in [-0.1, -0.05) is 337 Å². The zero-order valence-electron chi connectivity index (χ0n) is 55.2. The summed E-state index contributed by atoms with van der Waals surface area (Å²) in [7, 11) is 0. The summed E-state index contributed by atoms with van der Waals surface area (Å²) in [5, 5.41) is 0. The summed E-state index contributed by atoms with van der Waals surface area (Å²) in [5.74, 6) is -0.912. The van der Waals surface area contributed by atoms with Crippen molar-refractivity contribution < 1.29 is 28.6 Å². The fraction of sp³-hybridized carbons (Fsp3) is 0.779. The summed E-state index contributed by atoms with van der Waals surface area (Å²) >= 11 is 0. The molecule has 0 fully saturated rings. The van der Waals surface area contributed by atoms with Gasteiger partial charge in [-0.2, -0.15) is 0 Å². The van der Waals surface area contributed by atoms with Crippen LogP contribution in [0.1, 0.15) is 367 Å². The number of hydrogen-bond acceptors (Lipinski definition) is 6. The molecule has 480 valence electrons. The first kappa shape index (κ1) is 79.6. The minimum Gasteiger partial charge on any atom is -0.462 e. The highest BCUT2D eigenvalue weighted by molar-refractivity contribution is 5.71. The lowest BCUT2D eigenvalue weighted by Gasteiger charge is -2.18. The lowest BCUT2D eigenvalue weighted by Crippen LogP contribution is -2.30. The van der Waals surface area contributed by atoms with Gasteiger partial charge in [-0.15, -0.1) is 0 Å². The summed E-state index contributed by atoms with van der Waals surface area (Å²) in [5.41, 5.74) is 0. The Morgan fingerprint density at radius 1 is 0.253 bits per heavy atom. The average Bonchev–Trinajstić information content (AvgIpc) is 3.49. The maximum Gasteiger partial charge on any atom is 0.306 e. The van der Waals surface area contributed by atoms with Crippen molar-refractivity contribution in [3.63, 3.8) is 0 Å². The van der Waals surface area contributed by atoms with Crippen molar-refractivity contribution in [1.82, 2.24) is 0 Å². The lowest BCUT2D eigenvalue weighted by atomic mass is 10.0. The Morgan fingerprint density at radius 2 is 0.470 bits per heavy atom. The quantitative estimate of drug-likeness (QED) is 0.0261. The largest absolute Gasteiger partial charge is 0.462 e. The van der Waals surface area contributed by atoms with Gasteiger partial charge in [-0.05, 0) is 96.3 Å². The molecule has 0 radical (unpaired) electrons. The molecule has 0 aromatic carbocycles. The number of esters is 3. The van der Waals surface area contributed by atoms with E-state index < -0.39 is 6.10 Å². The molecular formula is C77H136O6. The van der Waals surface area contributed by atoms with Crippen LogP contribution in [0.5, 0.6) is 0 Å². The van der Waals surface area contributed by atoms with E-state index in [9.17, 15) is 14.4 Å². The fourth-order valence-electron chi connectivity index (χ4n) is 10.5. The van der Waals surface area contributed by atoms with Gasteiger partial charge in [0, 0.05) is 19.3 Å². The van der Waals surface area contributed by atoms with E-state index in [1.807, 2.05) is 0 Å².